The first-order valence-corrected chi connectivity index (χ1v) is 10.9. The maximum Gasteiger partial charge on any atom is 0.277 e. The molecule has 0 aliphatic heterocycles. The number of aryl methyl sites for hydroxylation is 1. The van der Waals surface area contributed by atoms with E-state index in [0.29, 0.717) is 29.9 Å². The van der Waals surface area contributed by atoms with Crippen LogP contribution in [0.1, 0.15) is 22.6 Å². The molecule has 0 saturated heterocycles. The normalized spacial score (nSPS) is 11.1. The molecule has 4 aromatic rings. The van der Waals surface area contributed by atoms with E-state index >= 15 is 0 Å². The highest BCUT2D eigenvalue weighted by atomic mass is 32.1. The number of hydrogen-bond donors (Lipinski definition) is 1. The van der Waals surface area contributed by atoms with E-state index in [1.165, 1.54) is 4.52 Å². The van der Waals surface area contributed by atoms with Gasteiger partial charge in [-0.05, 0) is 49.1 Å². The molecule has 0 saturated carbocycles. The lowest BCUT2D eigenvalue weighted by atomic mass is 10.1. The van der Waals surface area contributed by atoms with Crippen LogP contribution in [0.3, 0.4) is 0 Å². The lowest BCUT2D eigenvalue weighted by Crippen LogP contribution is -2.27. The number of nitrogens with one attached hydrogen (secondary N) is 1. The van der Waals surface area contributed by atoms with Crippen LogP contribution in [0.2, 0.25) is 0 Å². The molecule has 0 fully saturated rings. The Bertz CT molecular complexity index is 1270. The molecule has 7 nitrogen and oxygen atoms in total. The second kappa shape index (κ2) is 8.77. The Morgan fingerprint density at radius 2 is 2.00 bits per heavy atom. The van der Waals surface area contributed by atoms with Crippen molar-refractivity contribution in [1.82, 2.24) is 19.5 Å². The summed E-state index contributed by atoms with van der Waals surface area (Å²) in [5, 5.41) is 9.43. The lowest BCUT2D eigenvalue weighted by Gasteiger charge is -2.12. The van der Waals surface area contributed by atoms with Crippen molar-refractivity contribution in [3.63, 3.8) is 0 Å². The molecule has 0 aliphatic carbocycles. The third-order valence-corrected chi connectivity index (χ3v) is 6.33. The second-order valence-corrected chi connectivity index (χ2v) is 8.34. The van der Waals surface area contributed by atoms with Crippen molar-refractivity contribution in [2.75, 3.05) is 7.11 Å². The Morgan fingerprint density at radius 3 is 2.68 bits per heavy atom. The Hall–Kier alpha value is -3.39. The van der Waals surface area contributed by atoms with Gasteiger partial charge in [-0.1, -0.05) is 6.07 Å². The second-order valence-electron chi connectivity index (χ2n) is 7.31. The fraction of sp³-hybridized carbons (Fsp3) is 0.261. The topological polar surface area (TPSA) is 77.6 Å². The van der Waals surface area contributed by atoms with Gasteiger partial charge in [0.05, 0.1) is 19.3 Å². The Balaban J connectivity index is 1.57. The highest BCUT2D eigenvalue weighted by molar-refractivity contribution is 7.09. The fourth-order valence-corrected chi connectivity index (χ4v) is 4.18. The van der Waals surface area contributed by atoms with Gasteiger partial charge in [-0.3, -0.25) is 9.59 Å². The smallest absolute Gasteiger partial charge is 0.277 e. The largest absolute Gasteiger partial charge is 0.497 e. The zero-order chi connectivity index (χ0) is 22.0. The van der Waals surface area contributed by atoms with Crippen LogP contribution in [0.25, 0.3) is 16.9 Å². The summed E-state index contributed by atoms with van der Waals surface area (Å²) in [4.78, 5) is 26.5. The molecule has 3 aromatic heterocycles. The highest BCUT2D eigenvalue weighted by Crippen LogP contribution is 2.23. The summed E-state index contributed by atoms with van der Waals surface area (Å²) in [5.41, 5.74) is 3.57. The molecule has 8 heteroatoms. The van der Waals surface area contributed by atoms with Crippen LogP contribution in [0.5, 0.6) is 5.75 Å². The minimum Gasteiger partial charge on any atom is -0.497 e. The molecule has 4 rings (SSSR count). The number of carbonyl (C=O) groups is 1. The maximum absolute atomic E-state index is 13.1. The van der Waals surface area contributed by atoms with Crippen LogP contribution in [-0.4, -0.2) is 27.2 Å². The number of thiophene rings is 1. The zero-order valence-corrected chi connectivity index (χ0v) is 18.5. The van der Waals surface area contributed by atoms with Gasteiger partial charge >= 0.3 is 0 Å². The molecule has 0 bridgehead atoms. The fourth-order valence-electron chi connectivity index (χ4n) is 3.53. The van der Waals surface area contributed by atoms with Crippen molar-refractivity contribution in [2.45, 2.75) is 26.3 Å². The van der Waals surface area contributed by atoms with E-state index in [-0.39, 0.29) is 17.9 Å². The van der Waals surface area contributed by atoms with Crippen molar-refractivity contribution in [1.29, 1.82) is 0 Å². The lowest BCUT2D eigenvalue weighted by molar-refractivity contribution is -0.121. The number of nitrogens with zero attached hydrogens (tertiary/aromatic N) is 3. The van der Waals surface area contributed by atoms with Gasteiger partial charge in [0.15, 0.2) is 0 Å². The number of benzene rings is 1. The molecule has 1 amide bonds. The summed E-state index contributed by atoms with van der Waals surface area (Å²) in [6.07, 6.45) is 0.613. The summed E-state index contributed by atoms with van der Waals surface area (Å²) in [6, 6.07) is 13.4. The number of rotatable bonds is 7. The van der Waals surface area contributed by atoms with Crippen molar-refractivity contribution in [3.05, 3.63) is 74.3 Å². The van der Waals surface area contributed by atoms with Gasteiger partial charge in [-0.2, -0.15) is 9.61 Å². The standard InChI is InChI=1S/C23H24N4O3S/c1-15-19(10-11-21(28)24-14-18-5-4-12-31-18)23(29)27-22(26(15)2)13-20(25-27)16-6-8-17(30-3)9-7-16/h4-9,12-13H,10-11,14H2,1-3H3,(H,24,28). The van der Waals surface area contributed by atoms with E-state index in [1.54, 1.807) is 18.4 Å². The van der Waals surface area contributed by atoms with E-state index in [1.807, 2.05) is 66.4 Å². The summed E-state index contributed by atoms with van der Waals surface area (Å²) < 4.78 is 8.57. The number of amides is 1. The monoisotopic (exact) mass is 436 g/mol. The third kappa shape index (κ3) is 4.25. The van der Waals surface area contributed by atoms with Crippen LogP contribution in [0.4, 0.5) is 0 Å². The Morgan fingerprint density at radius 1 is 1.23 bits per heavy atom. The van der Waals surface area contributed by atoms with E-state index in [9.17, 15) is 9.59 Å². The summed E-state index contributed by atoms with van der Waals surface area (Å²) in [6.45, 7) is 2.41. The van der Waals surface area contributed by atoms with Gasteiger partial charge in [0, 0.05) is 41.2 Å². The predicted molar refractivity (Wildman–Crippen MR) is 122 cm³/mol. The molecule has 0 aliphatic rings. The molecule has 1 aromatic carbocycles. The quantitative estimate of drug-likeness (QED) is 0.482. The number of fused-ring (bicyclic) bond motifs is 1. The minimum atomic E-state index is -0.184. The minimum absolute atomic E-state index is 0.0747. The molecule has 0 radical (unpaired) electrons. The van der Waals surface area contributed by atoms with Crippen LogP contribution >= 0.6 is 11.3 Å². The van der Waals surface area contributed by atoms with Crippen LogP contribution in [-0.2, 0) is 24.8 Å². The number of aromatic nitrogens is 3. The predicted octanol–water partition coefficient (Wildman–Crippen LogP) is 3.33. The average Bonchev–Trinajstić information content (AvgIpc) is 3.46. The molecule has 0 spiro atoms. The van der Waals surface area contributed by atoms with Gasteiger partial charge in [0.25, 0.3) is 5.56 Å². The number of ether oxygens (including phenoxy) is 1. The number of carbonyl (C=O) groups excluding carboxylic acids is 1. The maximum atomic E-state index is 13.1. The van der Waals surface area contributed by atoms with Gasteiger partial charge in [-0.25, -0.2) is 0 Å². The molecular weight excluding hydrogens is 412 g/mol. The molecular formula is C23H24N4O3S. The van der Waals surface area contributed by atoms with Crippen molar-refractivity contribution >= 4 is 22.9 Å². The van der Waals surface area contributed by atoms with Crippen molar-refractivity contribution < 1.29 is 9.53 Å². The first-order valence-electron chi connectivity index (χ1n) is 9.99. The van der Waals surface area contributed by atoms with Crippen LogP contribution in [0.15, 0.2) is 52.6 Å². The van der Waals surface area contributed by atoms with Gasteiger partial charge < -0.3 is 14.6 Å². The number of methoxy groups -OCH3 is 1. The first kappa shape index (κ1) is 20.9. The molecule has 31 heavy (non-hydrogen) atoms. The van der Waals surface area contributed by atoms with Gasteiger partial charge in [-0.15, -0.1) is 11.3 Å². The van der Waals surface area contributed by atoms with Gasteiger partial charge in [0.1, 0.15) is 11.4 Å². The van der Waals surface area contributed by atoms with Crippen LogP contribution < -0.4 is 15.6 Å². The van der Waals surface area contributed by atoms with Crippen LogP contribution in [0, 0.1) is 6.92 Å². The Kier molecular flexibility index (Phi) is 5.90. The summed E-state index contributed by atoms with van der Waals surface area (Å²) in [5.74, 6) is 0.687. The third-order valence-electron chi connectivity index (χ3n) is 5.45. The van der Waals surface area contributed by atoms with E-state index in [2.05, 4.69) is 10.4 Å². The molecule has 160 valence electrons. The molecule has 1 N–H and O–H groups in total. The number of hydrogen-bond acceptors (Lipinski definition) is 5. The molecule has 3 heterocycles. The first-order chi connectivity index (χ1) is 15.0. The average molecular weight is 437 g/mol. The Labute approximate surface area is 183 Å². The zero-order valence-electron chi connectivity index (χ0n) is 17.7. The van der Waals surface area contributed by atoms with Crippen molar-refractivity contribution in [2.24, 2.45) is 7.05 Å². The van der Waals surface area contributed by atoms with E-state index in [0.717, 1.165) is 21.9 Å². The van der Waals surface area contributed by atoms with E-state index < -0.39 is 0 Å². The highest BCUT2D eigenvalue weighted by Gasteiger charge is 2.16. The summed E-state index contributed by atoms with van der Waals surface area (Å²) >= 11 is 1.60. The van der Waals surface area contributed by atoms with E-state index in [4.69, 9.17) is 4.74 Å². The molecule has 0 unspecified atom stereocenters. The summed E-state index contributed by atoms with van der Waals surface area (Å²) in [7, 11) is 3.53. The SMILES string of the molecule is COc1ccc(-c2cc3n(C)c(C)c(CCC(=O)NCc4cccs4)c(=O)n3n2)cc1. The molecule has 0 atom stereocenters. The van der Waals surface area contributed by atoms with Crippen molar-refractivity contribution in [3.8, 4) is 17.0 Å². The van der Waals surface area contributed by atoms with Gasteiger partial charge in [0.2, 0.25) is 5.91 Å².